The van der Waals surface area contributed by atoms with E-state index in [1.807, 2.05) is 27.2 Å². The molecule has 0 saturated carbocycles. The highest BCUT2D eigenvalue weighted by molar-refractivity contribution is 6.03. The van der Waals surface area contributed by atoms with E-state index in [1.165, 1.54) is 16.6 Å². The van der Waals surface area contributed by atoms with Crippen molar-refractivity contribution in [2.24, 2.45) is 7.05 Å². The fourth-order valence-corrected chi connectivity index (χ4v) is 5.12. The molecular formula is C29H37N5O2. The molecule has 0 amide bonds. The monoisotopic (exact) mass is 487 g/mol. The summed E-state index contributed by atoms with van der Waals surface area (Å²) in [5.41, 5.74) is 8.81. The van der Waals surface area contributed by atoms with E-state index >= 15 is 0 Å². The number of hydrogen-bond donors (Lipinski definition) is 3. The van der Waals surface area contributed by atoms with Crippen LogP contribution >= 0.6 is 0 Å². The summed E-state index contributed by atoms with van der Waals surface area (Å²) in [6, 6.07) is 16.9. The fourth-order valence-electron chi connectivity index (χ4n) is 5.12. The lowest BCUT2D eigenvalue weighted by Gasteiger charge is -2.18. The Labute approximate surface area is 213 Å². The Kier molecular flexibility index (Phi) is 7.58. The van der Waals surface area contributed by atoms with Crippen molar-refractivity contribution >= 4 is 28.0 Å². The van der Waals surface area contributed by atoms with E-state index in [0.717, 1.165) is 58.0 Å². The predicted molar refractivity (Wildman–Crippen MR) is 151 cm³/mol. The van der Waals surface area contributed by atoms with Gasteiger partial charge in [0.1, 0.15) is 5.52 Å². The van der Waals surface area contributed by atoms with E-state index in [1.54, 1.807) is 14.2 Å². The number of aromatic nitrogens is 2. The zero-order chi connectivity index (χ0) is 25.8. The van der Waals surface area contributed by atoms with Crippen LogP contribution < -0.4 is 25.4 Å². The van der Waals surface area contributed by atoms with Crippen molar-refractivity contribution in [1.29, 1.82) is 0 Å². The highest BCUT2D eigenvalue weighted by Crippen LogP contribution is 2.42. The van der Waals surface area contributed by atoms with E-state index in [0.29, 0.717) is 5.92 Å². The highest BCUT2D eigenvalue weighted by Gasteiger charge is 2.23. The lowest BCUT2D eigenvalue weighted by atomic mass is 9.90. The first-order valence-electron chi connectivity index (χ1n) is 12.4. The molecule has 0 bridgehead atoms. The van der Waals surface area contributed by atoms with Gasteiger partial charge in [-0.15, -0.1) is 0 Å². The summed E-state index contributed by atoms with van der Waals surface area (Å²) in [5, 5.41) is 16.2. The quantitative estimate of drug-likeness (QED) is 0.250. The van der Waals surface area contributed by atoms with Gasteiger partial charge in [0.25, 0.3) is 0 Å². The van der Waals surface area contributed by atoms with Crippen molar-refractivity contribution in [1.82, 2.24) is 9.78 Å². The Bertz CT molecular complexity index is 1340. The summed E-state index contributed by atoms with van der Waals surface area (Å²) < 4.78 is 13.0. The highest BCUT2D eigenvalue weighted by atomic mass is 16.5. The molecule has 190 valence electrons. The van der Waals surface area contributed by atoms with Gasteiger partial charge in [-0.3, -0.25) is 4.68 Å². The van der Waals surface area contributed by atoms with Gasteiger partial charge in [0.15, 0.2) is 11.5 Å². The molecule has 0 radical (unpaired) electrons. The topological polar surface area (TPSA) is 72.4 Å². The summed E-state index contributed by atoms with van der Waals surface area (Å²) >= 11 is 0. The maximum absolute atomic E-state index is 5.54. The number of methoxy groups -OCH3 is 2. The van der Waals surface area contributed by atoms with Gasteiger partial charge in [0, 0.05) is 73.4 Å². The largest absolute Gasteiger partial charge is 0.493 e. The van der Waals surface area contributed by atoms with Crippen LogP contribution in [0.1, 0.15) is 30.5 Å². The SMILES string of the molecule is CCC(Cc1ccc(OC)c(OC)c1)c1c2cccc(-c3c(NC)cc(NC)cc3NC)c2nn1C. The Morgan fingerprint density at radius 3 is 2.17 bits per heavy atom. The number of aryl methyl sites for hydroxylation is 1. The average Bonchev–Trinajstić information content (AvgIpc) is 3.26. The second-order valence-electron chi connectivity index (χ2n) is 8.91. The molecule has 1 atom stereocenters. The second kappa shape index (κ2) is 10.8. The van der Waals surface area contributed by atoms with Crippen molar-refractivity contribution in [3.8, 4) is 22.6 Å². The minimum absolute atomic E-state index is 0.299. The lowest BCUT2D eigenvalue weighted by molar-refractivity contribution is 0.354. The molecule has 1 aromatic heterocycles. The molecule has 0 aliphatic carbocycles. The number of nitrogens with zero attached hydrogens (tertiary/aromatic N) is 2. The molecule has 0 aliphatic rings. The van der Waals surface area contributed by atoms with Gasteiger partial charge >= 0.3 is 0 Å². The molecule has 1 unspecified atom stereocenters. The maximum Gasteiger partial charge on any atom is 0.160 e. The van der Waals surface area contributed by atoms with Crippen LogP contribution in [0, 0.1) is 0 Å². The van der Waals surface area contributed by atoms with Crippen LogP contribution in [0.4, 0.5) is 17.1 Å². The van der Waals surface area contributed by atoms with E-state index in [9.17, 15) is 0 Å². The summed E-state index contributed by atoms with van der Waals surface area (Å²) in [5.74, 6) is 1.80. The third kappa shape index (κ3) is 4.53. The number of benzene rings is 3. The van der Waals surface area contributed by atoms with Crippen LogP contribution in [0.5, 0.6) is 11.5 Å². The van der Waals surface area contributed by atoms with Crippen LogP contribution in [0.3, 0.4) is 0 Å². The number of nitrogens with one attached hydrogen (secondary N) is 3. The Morgan fingerprint density at radius 1 is 0.889 bits per heavy atom. The van der Waals surface area contributed by atoms with Gasteiger partial charge < -0.3 is 25.4 Å². The average molecular weight is 488 g/mol. The molecule has 0 fully saturated rings. The van der Waals surface area contributed by atoms with Gasteiger partial charge in [-0.25, -0.2) is 0 Å². The number of ether oxygens (including phenoxy) is 2. The van der Waals surface area contributed by atoms with Gasteiger partial charge in [-0.2, -0.15) is 5.10 Å². The predicted octanol–water partition coefficient (Wildman–Crippen LogP) is 6.12. The van der Waals surface area contributed by atoms with E-state index in [2.05, 4.69) is 77.1 Å². The molecule has 3 aromatic carbocycles. The van der Waals surface area contributed by atoms with Crippen molar-refractivity contribution in [3.05, 3.63) is 59.8 Å². The summed E-state index contributed by atoms with van der Waals surface area (Å²) in [6.07, 6.45) is 1.88. The number of rotatable bonds is 10. The smallest absolute Gasteiger partial charge is 0.160 e. The van der Waals surface area contributed by atoms with Gasteiger partial charge in [-0.1, -0.05) is 31.2 Å². The number of fused-ring (bicyclic) bond motifs is 1. The lowest BCUT2D eigenvalue weighted by Crippen LogP contribution is -2.08. The first kappa shape index (κ1) is 25.2. The van der Waals surface area contributed by atoms with Crippen molar-refractivity contribution in [2.75, 3.05) is 51.3 Å². The van der Waals surface area contributed by atoms with Crippen molar-refractivity contribution < 1.29 is 9.47 Å². The van der Waals surface area contributed by atoms with Crippen molar-refractivity contribution in [2.45, 2.75) is 25.7 Å². The molecule has 36 heavy (non-hydrogen) atoms. The minimum Gasteiger partial charge on any atom is -0.493 e. The molecule has 0 saturated heterocycles. The van der Waals surface area contributed by atoms with Crippen LogP contribution in [0.15, 0.2) is 48.5 Å². The number of anilines is 3. The zero-order valence-corrected chi connectivity index (χ0v) is 22.3. The minimum atomic E-state index is 0.299. The number of hydrogen-bond acceptors (Lipinski definition) is 6. The van der Waals surface area contributed by atoms with E-state index in [4.69, 9.17) is 14.6 Å². The first-order valence-corrected chi connectivity index (χ1v) is 12.4. The standard InChI is InChI=1S/C29H37N5O2/c1-8-19(14-18-12-13-25(35-6)26(15-18)36-7)29-22-11-9-10-21(28(22)33-34(29)5)27-23(31-3)16-20(30-2)17-24(27)32-4/h9-13,15-17,19,30-32H,8,14H2,1-7H3. The van der Waals surface area contributed by atoms with Crippen LogP contribution in [-0.4, -0.2) is 45.1 Å². The summed E-state index contributed by atoms with van der Waals surface area (Å²) in [7, 11) is 11.2. The molecule has 1 heterocycles. The zero-order valence-electron chi connectivity index (χ0n) is 22.3. The molecular weight excluding hydrogens is 450 g/mol. The normalized spacial score (nSPS) is 11.9. The Hall–Kier alpha value is -3.87. The molecule has 4 rings (SSSR count). The summed E-state index contributed by atoms with van der Waals surface area (Å²) in [4.78, 5) is 0. The molecule has 3 N–H and O–H groups in total. The molecule has 0 aliphatic heterocycles. The second-order valence-corrected chi connectivity index (χ2v) is 8.91. The third-order valence-electron chi connectivity index (χ3n) is 6.96. The Morgan fingerprint density at radius 2 is 1.58 bits per heavy atom. The first-order chi connectivity index (χ1) is 17.5. The van der Waals surface area contributed by atoms with Crippen LogP contribution in [0.25, 0.3) is 22.0 Å². The molecule has 0 spiro atoms. The van der Waals surface area contributed by atoms with Crippen molar-refractivity contribution in [3.63, 3.8) is 0 Å². The molecule has 7 nitrogen and oxygen atoms in total. The van der Waals surface area contributed by atoms with Gasteiger partial charge in [0.2, 0.25) is 0 Å². The van der Waals surface area contributed by atoms with Gasteiger partial charge in [-0.05, 0) is 42.7 Å². The van der Waals surface area contributed by atoms with E-state index in [-0.39, 0.29) is 0 Å². The van der Waals surface area contributed by atoms with Gasteiger partial charge in [0.05, 0.1) is 14.2 Å². The molecule has 7 heteroatoms. The summed E-state index contributed by atoms with van der Waals surface area (Å²) in [6.45, 7) is 2.24. The van der Waals surface area contributed by atoms with E-state index < -0.39 is 0 Å². The maximum atomic E-state index is 5.54. The van der Waals surface area contributed by atoms with Crippen LogP contribution in [0.2, 0.25) is 0 Å². The third-order valence-corrected chi connectivity index (χ3v) is 6.96. The molecule has 4 aromatic rings. The fraction of sp³-hybridized carbons (Fsp3) is 0.345. The van der Waals surface area contributed by atoms with Crippen LogP contribution in [-0.2, 0) is 13.5 Å². The Balaban J connectivity index is 1.83.